The van der Waals surface area contributed by atoms with Crippen LogP contribution < -0.4 is 5.73 Å². The summed E-state index contributed by atoms with van der Waals surface area (Å²) >= 11 is 0. The molecule has 13 heavy (non-hydrogen) atoms. The van der Waals surface area contributed by atoms with Crippen LogP contribution in [0.4, 0.5) is 5.69 Å². The maximum absolute atomic E-state index is 5.61. The smallest absolute Gasteiger partial charge is 0.126 e. The van der Waals surface area contributed by atoms with Crippen LogP contribution >= 0.6 is 0 Å². The van der Waals surface area contributed by atoms with E-state index in [0.29, 0.717) is 12.4 Å². The number of aryl methyl sites for hydroxylation is 1. The van der Waals surface area contributed by atoms with Crippen molar-refractivity contribution in [3.8, 4) is 0 Å². The van der Waals surface area contributed by atoms with E-state index < -0.39 is 0 Å². The van der Waals surface area contributed by atoms with Crippen molar-refractivity contribution in [2.24, 2.45) is 10.7 Å². The van der Waals surface area contributed by atoms with Crippen LogP contribution in [0.5, 0.6) is 0 Å². The summed E-state index contributed by atoms with van der Waals surface area (Å²) in [5.41, 5.74) is 7.62. The Balaban J connectivity index is 2.84. The lowest BCUT2D eigenvalue weighted by molar-refractivity contribution is 0.244. The first kappa shape index (κ1) is 9.74. The van der Waals surface area contributed by atoms with Gasteiger partial charge >= 0.3 is 0 Å². The number of aliphatic imine (C=N–C) groups is 1. The Morgan fingerprint density at radius 2 is 2.15 bits per heavy atom. The second-order valence-corrected chi connectivity index (χ2v) is 2.82. The molecule has 1 rings (SSSR count). The Hall–Kier alpha value is -1.35. The van der Waals surface area contributed by atoms with Crippen molar-refractivity contribution in [1.82, 2.24) is 0 Å². The number of hydrogen-bond donors (Lipinski definition) is 1. The molecular formula is C10H14N2O. The van der Waals surface area contributed by atoms with Crippen molar-refractivity contribution >= 4 is 11.5 Å². The summed E-state index contributed by atoms with van der Waals surface area (Å²) in [7, 11) is 1.60. The zero-order valence-corrected chi connectivity index (χ0v) is 7.95. The van der Waals surface area contributed by atoms with Gasteiger partial charge in [0.25, 0.3) is 0 Å². The number of rotatable bonds is 3. The van der Waals surface area contributed by atoms with Crippen LogP contribution in [0.25, 0.3) is 0 Å². The summed E-state index contributed by atoms with van der Waals surface area (Å²) in [6.45, 7) is 2.37. The number of ether oxygens (including phenoxy) is 1. The predicted octanol–water partition coefficient (Wildman–Crippen LogP) is 1.63. The van der Waals surface area contributed by atoms with E-state index in [9.17, 15) is 0 Å². The highest BCUT2D eigenvalue weighted by Crippen LogP contribution is 2.16. The normalized spacial score (nSPS) is 11.7. The third-order valence-electron chi connectivity index (χ3n) is 1.67. The zero-order chi connectivity index (χ0) is 9.68. The van der Waals surface area contributed by atoms with Crippen LogP contribution in [0.2, 0.25) is 0 Å². The van der Waals surface area contributed by atoms with Crippen LogP contribution in [0.1, 0.15) is 5.56 Å². The molecule has 3 nitrogen and oxygen atoms in total. The van der Waals surface area contributed by atoms with E-state index in [1.807, 2.05) is 31.2 Å². The third-order valence-corrected chi connectivity index (χ3v) is 1.67. The summed E-state index contributed by atoms with van der Waals surface area (Å²) in [5, 5.41) is 0. The first-order valence-corrected chi connectivity index (χ1v) is 4.11. The molecular weight excluding hydrogens is 164 g/mol. The average Bonchev–Trinajstić information content (AvgIpc) is 2.09. The number of para-hydroxylation sites is 1. The fourth-order valence-corrected chi connectivity index (χ4v) is 1.02. The lowest BCUT2D eigenvalue weighted by Crippen LogP contribution is -2.17. The summed E-state index contributed by atoms with van der Waals surface area (Å²) < 4.78 is 4.86. The lowest BCUT2D eigenvalue weighted by atomic mass is 10.2. The number of benzene rings is 1. The van der Waals surface area contributed by atoms with Gasteiger partial charge in [0.2, 0.25) is 0 Å². The highest BCUT2D eigenvalue weighted by atomic mass is 16.5. The maximum atomic E-state index is 5.61. The quantitative estimate of drug-likeness (QED) is 0.565. The monoisotopic (exact) mass is 178 g/mol. The summed E-state index contributed by atoms with van der Waals surface area (Å²) in [6.07, 6.45) is 0. The van der Waals surface area contributed by atoms with E-state index in [2.05, 4.69) is 4.99 Å². The van der Waals surface area contributed by atoms with Crippen molar-refractivity contribution in [2.75, 3.05) is 13.7 Å². The molecule has 0 aliphatic heterocycles. The van der Waals surface area contributed by atoms with Gasteiger partial charge in [-0.15, -0.1) is 0 Å². The van der Waals surface area contributed by atoms with Crippen molar-refractivity contribution in [3.05, 3.63) is 29.8 Å². The first-order chi connectivity index (χ1) is 6.24. The van der Waals surface area contributed by atoms with E-state index in [4.69, 9.17) is 10.5 Å². The predicted molar refractivity (Wildman–Crippen MR) is 54.3 cm³/mol. The van der Waals surface area contributed by atoms with Gasteiger partial charge in [-0.25, -0.2) is 4.99 Å². The summed E-state index contributed by atoms with van der Waals surface area (Å²) in [4.78, 5) is 4.22. The van der Waals surface area contributed by atoms with E-state index in [0.717, 1.165) is 11.3 Å². The minimum absolute atomic E-state index is 0.369. The van der Waals surface area contributed by atoms with Crippen molar-refractivity contribution < 1.29 is 4.74 Å². The van der Waals surface area contributed by atoms with Gasteiger partial charge in [-0.05, 0) is 18.6 Å². The molecule has 0 aliphatic rings. The minimum atomic E-state index is 0.369. The minimum Gasteiger partial charge on any atom is -0.385 e. The molecule has 1 aromatic rings. The van der Waals surface area contributed by atoms with Crippen LogP contribution in [-0.4, -0.2) is 19.6 Å². The SMILES string of the molecule is COCC(N)=Nc1ccccc1C. The highest BCUT2D eigenvalue weighted by Gasteiger charge is 1.95. The van der Waals surface area contributed by atoms with E-state index in [-0.39, 0.29) is 0 Å². The molecule has 0 saturated heterocycles. The third kappa shape index (κ3) is 2.87. The van der Waals surface area contributed by atoms with Crippen LogP contribution in [0, 0.1) is 6.92 Å². The van der Waals surface area contributed by atoms with Crippen LogP contribution in [0.15, 0.2) is 29.3 Å². The van der Waals surface area contributed by atoms with Gasteiger partial charge < -0.3 is 10.5 Å². The molecule has 0 amide bonds. The second kappa shape index (κ2) is 4.62. The molecule has 1 aromatic carbocycles. The molecule has 70 valence electrons. The number of nitrogens with zero attached hydrogens (tertiary/aromatic N) is 1. The van der Waals surface area contributed by atoms with Gasteiger partial charge in [-0.3, -0.25) is 0 Å². The molecule has 0 aromatic heterocycles. The van der Waals surface area contributed by atoms with Gasteiger partial charge in [0, 0.05) is 7.11 Å². The summed E-state index contributed by atoms with van der Waals surface area (Å²) in [6, 6.07) is 7.84. The number of methoxy groups -OCH3 is 1. The van der Waals surface area contributed by atoms with Crippen molar-refractivity contribution in [1.29, 1.82) is 0 Å². The first-order valence-electron chi connectivity index (χ1n) is 4.11. The van der Waals surface area contributed by atoms with Crippen molar-refractivity contribution in [3.63, 3.8) is 0 Å². The molecule has 0 fully saturated rings. The van der Waals surface area contributed by atoms with Gasteiger partial charge in [0.05, 0.1) is 5.69 Å². The summed E-state index contributed by atoms with van der Waals surface area (Å²) in [5.74, 6) is 0.497. The van der Waals surface area contributed by atoms with Gasteiger partial charge in [0.15, 0.2) is 0 Å². The van der Waals surface area contributed by atoms with Gasteiger partial charge in [-0.2, -0.15) is 0 Å². The van der Waals surface area contributed by atoms with Gasteiger partial charge in [-0.1, -0.05) is 18.2 Å². The fraction of sp³-hybridized carbons (Fsp3) is 0.300. The standard InChI is InChI=1S/C10H14N2O/c1-8-5-3-4-6-9(8)12-10(11)7-13-2/h3-6H,7H2,1-2H3,(H2,11,12). The van der Waals surface area contributed by atoms with Crippen LogP contribution in [0.3, 0.4) is 0 Å². The molecule has 2 N–H and O–H groups in total. The largest absolute Gasteiger partial charge is 0.385 e. The van der Waals surface area contributed by atoms with E-state index >= 15 is 0 Å². The topological polar surface area (TPSA) is 47.6 Å². The number of hydrogen-bond acceptors (Lipinski definition) is 2. The number of nitrogens with two attached hydrogens (primary N) is 1. The lowest BCUT2D eigenvalue weighted by Gasteiger charge is -2.01. The molecule has 0 atom stereocenters. The Morgan fingerprint density at radius 1 is 1.46 bits per heavy atom. The van der Waals surface area contributed by atoms with Crippen molar-refractivity contribution in [2.45, 2.75) is 6.92 Å². The Labute approximate surface area is 78.2 Å². The molecule has 0 saturated carbocycles. The van der Waals surface area contributed by atoms with Crippen LogP contribution in [-0.2, 0) is 4.74 Å². The zero-order valence-electron chi connectivity index (χ0n) is 7.95. The molecule has 0 radical (unpaired) electrons. The fourth-order valence-electron chi connectivity index (χ4n) is 1.02. The molecule has 0 spiro atoms. The van der Waals surface area contributed by atoms with Gasteiger partial charge in [0.1, 0.15) is 12.4 Å². The second-order valence-electron chi connectivity index (χ2n) is 2.82. The molecule has 3 heteroatoms. The van der Waals surface area contributed by atoms with E-state index in [1.54, 1.807) is 7.11 Å². The average molecular weight is 178 g/mol. The maximum Gasteiger partial charge on any atom is 0.126 e. The molecule has 0 unspecified atom stereocenters. The van der Waals surface area contributed by atoms with E-state index in [1.165, 1.54) is 0 Å². The Morgan fingerprint density at radius 3 is 2.77 bits per heavy atom. The Bertz CT molecular complexity index is 308. The number of amidine groups is 1. The highest BCUT2D eigenvalue weighted by molar-refractivity contribution is 5.84. The molecule has 0 bridgehead atoms. The molecule has 0 aliphatic carbocycles. The molecule has 0 heterocycles. The Kier molecular flexibility index (Phi) is 3.46.